The van der Waals surface area contributed by atoms with Gasteiger partial charge in [-0.25, -0.2) is 13.8 Å². The van der Waals surface area contributed by atoms with E-state index in [9.17, 15) is 13.6 Å². The predicted octanol–water partition coefficient (Wildman–Crippen LogP) is 2.74. The molecule has 100 valence electrons. The van der Waals surface area contributed by atoms with Crippen LogP contribution in [-0.2, 0) is 6.54 Å². The summed E-state index contributed by atoms with van der Waals surface area (Å²) in [4.78, 5) is 17.7. The lowest BCUT2D eigenvalue weighted by molar-refractivity contribution is 0.0938. The number of thiazole rings is 1. The molecule has 1 heterocycles. The van der Waals surface area contributed by atoms with E-state index in [2.05, 4.69) is 4.98 Å². The molecular formula is C13H12F2N2OS. The monoisotopic (exact) mass is 282 g/mol. The number of aromatic nitrogens is 1. The van der Waals surface area contributed by atoms with Gasteiger partial charge in [-0.2, -0.15) is 0 Å². The first-order valence-corrected chi connectivity index (χ1v) is 6.54. The summed E-state index contributed by atoms with van der Waals surface area (Å²) in [6, 6.07) is 2.88. The Balaban J connectivity index is 2.02. The van der Waals surface area contributed by atoms with Gasteiger partial charge in [-0.1, -0.05) is 0 Å². The number of hydrogen-bond acceptors (Lipinski definition) is 4. The van der Waals surface area contributed by atoms with E-state index >= 15 is 0 Å². The van der Waals surface area contributed by atoms with Crippen molar-refractivity contribution in [3.05, 3.63) is 52.0 Å². The standard InChI is InChI=1S/C13H12F2N2OS/c1-17(5-10-7-19-8-16-10)6-13(18)11-4-9(14)2-3-12(11)15/h2-4,7-8H,5-6H2,1H3. The molecule has 6 heteroatoms. The van der Waals surface area contributed by atoms with E-state index in [1.54, 1.807) is 17.5 Å². The molecule has 0 amide bonds. The van der Waals surface area contributed by atoms with E-state index in [4.69, 9.17) is 0 Å². The molecule has 0 saturated heterocycles. The Morgan fingerprint density at radius 3 is 2.89 bits per heavy atom. The Hall–Kier alpha value is -1.66. The summed E-state index contributed by atoms with van der Waals surface area (Å²) in [6.45, 7) is 0.504. The minimum atomic E-state index is -0.701. The number of nitrogens with zero attached hydrogens (tertiary/aromatic N) is 2. The van der Waals surface area contributed by atoms with Crippen LogP contribution < -0.4 is 0 Å². The van der Waals surface area contributed by atoms with Crippen LogP contribution >= 0.6 is 11.3 Å². The van der Waals surface area contributed by atoms with Crippen molar-refractivity contribution in [1.29, 1.82) is 0 Å². The molecule has 0 aliphatic carbocycles. The van der Waals surface area contributed by atoms with Gasteiger partial charge in [0.15, 0.2) is 5.78 Å². The number of Topliss-reactive ketones (excluding diaryl/α,β-unsaturated/α-hetero) is 1. The van der Waals surface area contributed by atoms with Crippen LogP contribution in [0, 0.1) is 11.6 Å². The lowest BCUT2D eigenvalue weighted by Crippen LogP contribution is -2.26. The van der Waals surface area contributed by atoms with Gasteiger partial charge in [0, 0.05) is 11.9 Å². The Labute approximate surface area is 113 Å². The molecule has 0 spiro atoms. The van der Waals surface area contributed by atoms with E-state index in [-0.39, 0.29) is 12.1 Å². The lowest BCUT2D eigenvalue weighted by Gasteiger charge is -2.14. The van der Waals surface area contributed by atoms with Crippen molar-refractivity contribution in [2.45, 2.75) is 6.54 Å². The van der Waals surface area contributed by atoms with Crippen LogP contribution in [0.1, 0.15) is 16.1 Å². The maximum Gasteiger partial charge on any atom is 0.179 e. The van der Waals surface area contributed by atoms with Crippen molar-refractivity contribution in [3.63, 3.8) is 0 Å². The average Bonchev–Trinajstić information content (AvgIpc) is 2.84. The van der Waals surface area contributed by atoms with Crippen molar-refractivity contribution in [3.8, 4) is 0 Å². The maximum atomic E-state index is 13.4. The fourth-order valence-corrected chi connectivity index (χ4v) is 2.24. The molecule has 0 saturated carbocycles. The highest BCUT2D eigenvalue weighted by molar-refractivity contribution is 7.07. The highest BCUT2D eigenvalue weighted by atomic mass is 32.1. The molecule has 0 N–H and O–H groups in total. The van der Waals surface area contributed by atoms with Crippen LogP contribution in [0.25, 0.3) is 0 Å². The Bertz CT molecular complexity index is 572. The zero-order valence-corrected chi connectivity index (χ0v) is 11.1. The third kappa shape index (κ3) is 3.65. The Morgan fingerprint density at radius 2 is 2.21 bits per heavy atom. The van der Waals surface area contributed by atoms with Crippen LogP contribution in [0.15, 0.2) is 29.1 Å². The Kier molecular flexibility index (Phi) is 4.34. The van der Waals surface area contributed by atoms with E-state index in [0.717, 1.165) is 23.9 Å². The average molecular weight is 282 g/mol. The van der Waals surface area contributed by atoms with Gasteiger partial charge in [0.2, 0.25) is 0 Å². The summed E-state index contributed by atoms with van der Waals surface area (Å²) in [5.41, 5.74) is 2.34. The van der Waals surface area contributed by atoms with Gasteiger partial charge in [-0.15, -0.1) is 11.3 Å². The van der Waals surface area contributed by atoms with Gasteiger partial charge < -0.3 is 0 Å². The third-order valence-corrected chi connectivity index (χ3v) is 3.19. The second kappa shape index (κ2) is 5.99. The molecular weight excluding hydrogens is 270 g/mol. The molecule has 0 radical (unpaired) electrons. The maximum absolute atomic E-state index is 13.4. The summed E-state index contributed by atoms with van der Waals surface area (Å²) >= 11 is 1.47. The first-order valence-electron chi connectivity index (χ1n) is 5.60. The quantitative estimate of drug-likeness (QED) is 0.791. The van der Waals surface area contributed by atoms with Crippen molar-refractivity contribution in [2.24, 2.45) is 0 Å². The fraction of sp³-hybridized carbons (Fsp3) is 0.231. The normalized spacial score (nSPS) is 10.9. The summed E-state index contributed by atoms with van der Waals surface area (Å²) in [7, 11) is 1.73. The predicted molar refractivity (Wildman–Crippen MR) is 69.1 cm³/mol. The number of carbonyl (C=O) groups excluding carboxylic acids is 1. The molecule has 0 unspecified atom stereocenters. The SMILES string of the molecule is CN(CC(=O)c1cc(F)ccc1F)Cc1cscn1. The molecule has 0 fully saturated rings. The van der Waals surface area contributed by atoms with Crippen molar-refractivity contribution in [2.75, 3.05) is 13.6 Å². The molecule has 0 bridgehead atoms. The van der Waals surface area contributed by atoms with E-state index in [1.807, 2.05) is 5.38 Å². The largest absolute Gasteiger partial charge is 0.293 e. The Morgan fingerprint density at radius 1 is 1.42 bits per heavy atom. The highest BCUT2D eigenvalue weighted by Gasteiger charge is 2.15. The second-order valence-electron chi connectivity index (χ2n) is 4.20. The number of halogens is 2. The minimum Gasteiger partial charge on any atom is -0.293 e. The summed E-state index contributed by atoms with van der Waals surface area (Å²) < 4.78 is 26.4. The van der Waals surface area contributed by atoms with Crippen molar-refractivity contribution in [1.82, 2.24) is 9.88 Å². The number of likely N-dealkylation sites (N-methyl/N-ethyl adjacent to an activating group) is 1. The van der Waals surface area contributed by atoms with Crippen molar-refractivity contribution < 1.29 is 13.6 Å². The number of carbonyl (C=O) groups is 1. The van der Waals surface area contributed by atoms with Crippen LogP contribution in [-0.4, -0.2) is 29.3 Å². The molecule has 0 aliphatic rings. The third-order valence-electron chi connectivity index (χ3n) is 2.56. The van der Waals surface area contributed by atoms with Crippen molar-refractivity contribution >= 4 is 17.1 Å². The fourth-order valence-electron chi connectivity index (χ4n) is 1.69. The second-order valence-corrected chi connectivity index (χ2v) is 4.92. The number of ketones is 1. The van der Waals surface area contributed by atoms with Gasteiger partial charge in [0.1, 0.15) is 11.6 Å². The summed E-state index contributed by atoms with van der Waals surface area (Å²) in [5.74, 6) is -1.77. The van der Waals surface area contributed by atoms with E-state index < -0.39 is 17.4 Å². The lowest BCUT2D eigenvalue weighted by atomic mass is 10.1. The summed E-state index contributed by atoms with van der Waals surface area (Å²) in [6.07, 6.45) is 0. The highest BCUT2D eigenvalue weighted by Crippen LogP contribution is 2.12. The molecule has 19 heavy (non-hydrogen) atoms. The first kappa shape index (κ1) is 13.8. The minimum absolute atomic E-state index is 0.0118. The molecule has 0 aliphatic heterocycles. The molecule has 3 nitrogen and oxygen atoms in total. The van der Waals surface area contributed by atoms with E-state index in [0.29, 0.717) is 6.54 Å². The molecule has 1 aromatic carbocycles. The van der Waals surface area contributed by atoms with Crippen LogP contribution in [0.5, 0.6) is 0 Å². The number of hydrogen-bond donors (Lipinski definition) is 0. The zero-order chi connectivity index (χ0) is 13.8. The smallest absolute Gasteiger partial charge is 0.179 e. The van der Waals surface area contributed by atoms with Gasteiger partial charge >= 0.3 is 0 Å². The number of rotatable bonds is 5. The van der Waals surface area contributed by atoms with Gasteiger partial charge in [0.05, 0.1) is 23.3 Å². The van der Waals surface area contributed by atoms with Crippen LogP contribution in [0.4, 0.5) is 8.78 Å². The van der Waals surface area contributed by atoms with Crippen LogP contribution in [0.3, 0.4) is 0 Å². The molecule has 0 atom stereocenters. The molecule has 1 aromatic heterocycles. The molecule has 2 aromatic rings. The topological polar surface area (TPSA) is 33.2 Å². The number of benzene rings is 1. The summed E-state index contributed by atoms with van der Waals surface area (Å²) in [5, 5.41) is 1.88. The van der Waals surface area contributed by atoms with Gasteiger partial charge in [-0.05, 0) is 25.2 Å². The first-order chi connectivity index (χ1) is 9.06. The van der Waals surface area contributed by atoms with Gasteiger partial charge in [-0.3, -0.25) is 9.69 Å². The van der Waals surface area contributed by atoms with E-state index in [1.165, 1.54) is 11.3 Å². The molecule has 2 rings (SSSR count). The zero-order valence-electron chi connectivity index (χ0n) is 10.3. The van der Waals surface area contributed by atoms with Gasteiger partial charge in [0.25, 0.3) is 0 Å². The van der Waals surface area contributed by atoms with Crippen LogP contribution in [0.2, 0.25) is 0 Å².